The number of pyridine rings is 1. The highest BCUT2D eigenvalue weighted by atomic mass is 16.5. The Balaban J connectivity index is 1.50. The molecule has 7 heteroatoms. The van der Waals surface area contributed by atoms with Crippen molar-refractivity contribution in [2.75, 3.05) is 31.6 Å². The van der Waals surface area contributed by atoms with E-state index in [1.165, 1.54) is 0 Å². The van der Waals surface area contributed by atoms with Gasteiger partial charge in [-0.1, -0.05) is 0 Å². The highest BCUT2D eigenvalue weighted by Gasteiger charge is 2.18. The molecule has 0 aliphatic carbocycles. The number of aromatic nitrogens is 2. The van der Waals surface area contributed by atoms with Crippen LogP contribution in [0.3, 0.4) is 0 Å². The summed E-state index contributed by atoms with van der Waals surface area (Å²) in [6, 6.07) is 8.76. The van der Waals surface area contributed by atoms with Crippen molar-refractivity contribution in [2.45, 2.75) is 6.92 Å². The Bertz CT molecular complexity index is 988. The van der Waals surface area contributed by atoms with Crippen LogP contribution in [0.2, 0.25) is 0 Å². The Morgan fingerprint density at radius 1 is 1.15 bits per heavy atom. The molecular weight excluding hydrogens is 344 g/mol. The number of anilines is 1. The first kappa shape index (κ1) is 17.2. The lowest BCUT2D eigenvalue weighted by atomic mass is 10.1. The van der Waals surface area contributed by atoms with Gasteiger partial charge in [-0.2, -0.15) is 0 Å². The predicted octanol–water partition coefficient (Wildman–Crippen LogP) is 2.37. The van der Waals surface area contributed by atoms with Crippen LogP contribution in [0.15, 0.2) is 48.9 Å². The van der Waals surface area contributed by atoms with Crippen molar-refractivity contribution in [1.29, 1.82) is 0 Å². The maximum atomic E-state index is 12.7. The van der Waals surface area contributed by atoms with E-state index in [-0.39, 0.29) is 11.8 Å². The van der Waals surface area contributed by atoms with Crippen molar-refractivity contribution >= 4 is 23.1 Å². The van der Waals surface area contributed by atoms with E-state index in [0.29, 0.717) is 48.8 Å². The number of ether oxygens (including phenoxy) is 1. The number of morpholine rings is 1. The number of benzene rings is 1. The van der Waals surface area contributed by atoms with Crippen LogP contribution >= 0.6 is 0 Å². The molecule has 0 radical (unpaired) electrons. The van der Waals surface area contributed by atoms with E-state index in [1.807, 2.05) is 29.8 Å². The lowest BCUT2D eigenvalue weighted by Crippen LogP contribution is -2.40. The van der Waals surface area contributed by atoms with Gasteiger partial charge >= 0.3 is 0 Å². The fraction of sp³-hybridized carbons (Fsp3) is 0.250. The molecule has 138 valence electrons. The van der Waals surface area contributed by atoms with Gasteiger partial charge in [0.15, 0.2) is 0 Å². The van der Waals surface area contributed by atoms with Crippen LogP contribution in [0, 0.1) is 6.92 Å². The number of imidazole rings is 1. The van der Waals surface area contributed by atoms with Crippen molar-refractivity contribution in [3.05, 3.63) is 65.6 Å². The van der Waals surface area contributed by atoms with Gasteiger partial charge < -0.3 is 19.4 Å². The highest BCUT2D eigenvalue weighted by molar-refractivity contribution is 6.08. The quantitative estimate of drug-likeness (QED) is 0.774. The molecule has 1 saturated heterocycles. The summed E-state index contributed by atoms with van der Waals surface area (Å²) in [7, 11) is 0. The number of amides is 2. The molecule has 3 aromatic rings. The fourth-order valence-electron chi connectivity index (χ4n) is 3.19. The van der Waals surface area contributed by atoms with E-state index < -0.39 is 0 Å². The van der Waals surface area contributed by atoms with E-state index >= 15 is 0 Å². The molecule has 0 atom stereocenters. The Kier molecular flexibility index (Phi) is 4.60. The second-order valence-corrected chi connectivity index (χ2v) is 6.53. The van der Waals surface area contributed by atoms with Gasteiger partial charge in [0.05, 0.1) is 18.8 Å². The van der Waals surface area contributed by atoms with Gasteiger partial charge in [-0.05, 0) is 42.8 Å². The van der Waals surface area contributed by atoms with E-state index in [0.717, 1.165) is 5.56 Å². The summed E-state index contributed by atoms with van der Waals surface area (Å²) in [4.78, 5) is 31.2. The van der Waals surface area contributed by atoms with Crippen LogP contribution in [-0.2, 0) is 4.74 Å². The van der Waals surface area contributed by atoms with Gasteiger partial charge in [0.2, 0.25) is 0 Å². The van der Waals surface area contributed by atoms with Gasteiger partial charge in [0.1, 0.15) is 5.65 Å². The number of carbonyl (C=O) groups excluding carboxylic acids is 2. The van der Waals surface area contributed by atoms with E-state index in [9.17, 15) is 9.59 Å². The van der Waals surface area contributed by atoms with Gasteiger partial charge in [-0.25, -0.2) is 4.98 Å². The van der Waals surface area contributed by atoms with Crippen molar-refractivity contribution in [2.24, 2.45) is 0 Å². The number of rotatable bonds is 3. The number of carbonyl (C=O) groups is 2. The van der Waals surface area contributed by atoms with Crippen molar-refractivity contribution in [1.82, 2.24) is 14.3 Å². The third kappa shape index (κ3) is 3.54. The molecule has 0 unspecified atom stereocenters. The normalized spacial score (nSPS) is 14.3. The molecule has 1 aliphatic rings. The largest absolute Gasteiger partial charge is 0.378 e. The Morgan fingerprint density at radius 3 is 2.63 bits per heavy atom. The van der Waals surface area contributed by atoms with Crippen LogP contribution in [0.4, 0.5) is 5.69 Å². The molecule has 0 saturated carbocycles. The molecule has 1 N–H and O–H groups in total. The van der Waals surface area contributed by atoms with E-state index in [2.05, 4.69) is 10.3 Å². The molecule has 0 spiro atoms. The topological polar surface area (TPSA) is 75.9 Å². The SMILES string of the molecule is Cc1cc(C(=O)Nc2ccc(C(=O)N3CCOCC3)cc2)c2nccn2c1. The third-order valence-corrected chi connectivity index (χ3v) is 4.56. The molecule has 7 nitrogen and oxygen atoms in total. The van der Waals surface area contributed by atoms with Crippen molar-refractivity contribution < 1.29 is 14.3 Å². The van der Waals surface area contributed by atoms with Crippen LogP contribution in [0.1, 0.15) is 26.3 Å². The molecule has 3 heterocycles. The number of fused-ring (bicyclic) bond motifs is 1. The Morgan fingerprint density at radius 2 is 1.89 bits per heavy atom. The van der Waals surface area contributed by atoms with Gasteiger partial charge in [-0.3, -0.25) is 9.59 Å². The zero-order chi connectivity index (χ0) is 18.8. The molecule has 0 bridgehead atoms. The molecule has 1 fully saturated rings. The molecule has 1 aromatic carbocycles. The molecule has 2 amide bonds. The molecule has 27 heavy (non-hydrogen) atoms. The summed E-state index contributed by atoms with van der Waals surface area (Å²) in [5, 5.41) is 2.88. The summed E-state index contributed by atoms with van der Waals surface area (Å²) in [6.07, 6.45) is 5.40. The van der Waals surface area contributed by atoms with Crippen LogP contribution < -0.4 is 5.32 Å². The second kappa shape index (κ2) is 7.20. The maximum absolute atomic E-state index is 12.7. The summed E-state index contributed by atoms with van der Waals surface area (Å²) in [5.41, 5.74) is 3.31. The summed E-state index contributed by atoms with van der Waals surface area (Å²) >= 11 is 0. The standard InChI is InChI=1S/C20H20N4O3/c1-14-12-17(18-21-6-7-24(18)13-14)19(25)22-16-4-2-15(3-5-16)20(26)23-8-10-27-11-9-23/h2-7,12-13H,8-11H2,1H3,(H,22,25). The van der Waals surface area contributed by atoms with Crippen LogP contribution in [0.25, 0.3) is 5.65 Å². The molecule has 4 rings (SSSR count). The minimum Gasteiger partial charge on any atom is -0.378 e. The number of nitrogens with zero attached hydrogens (tertiary/aromatic N) is 3. The van der Waals surface area contributed by atoms with Crippen molar-refractivity contribution in [3.63, 3.8) is 0 Å². The predicted molar refractivity (Wildman–Crippen MR) is 101 cm³/mol. The molecule has 1 aliphatic heterocycles. The van der Waals surface area contributed by atoms with Gasteiger partial charge in [-0.15, -0.1) is 0 Å². The van der Waals surface area contributed by atoms with Crippen LogP contribution in [0.5, 0.6) is 0 Å². The van der Waals surface area contributed by atoms with Gasteiger partial charge in [0.25, 0.3) is 11.8 Å². The highest BCUT2D eigenvalue weighted by Crippen LogP contribution is 2.17. The zero-order valence-electron chi connectivity index (χ0n) is 15.0. The van der Waals surface area contributed by atoms with E-state index in [1.54, 1.807) is 35.4 Å². The van der Waals surface area contributed by atoms with E-state index in [4.69, 9.17) is 4.74 Å². The Hall–Kier alpha value is -3.19. The minimum absolute atomic E-state index is 0.0195. The Labute approximate surface area is 156 Å². The number of hydrogen-bond donors (Lipinski definition) is 1. The number of aryl methyl sites for hydroxylation is 1. The second-order valence-electron chi connectivity index (χ2n) is 6.53. The first-order valence-electron chi connectivity index (χ1n) is 8.83. The number of nitrogens with one attached hydrogen (secondary N) is 1. The van der Waals surface area contributed by atoms with Crippen molar-refractivity contribution in [3.8, 4) is 0 Å². The first-order valence-corrected chi connectivity index (χ1v) is 8.83. The molecule has 2 aromatic heterocycles. The zero-order valence-corrected chi connectivity index (χ0v) is 15.0. The fourth-order valence-corrected chi connectivity index (χ4v) is 3.19. The monoisotopic (exact) mass is 364 g/mol. The van der Waals surface area contributed by atoms with Crippen LogP contribution in [-0.4, -0.2) is 52.4 Å². The third-order valence-electron chi connectivity index (χ3n) is 4.56. The summed E-state index contributed by atoms with van der Waals surface area (Å²) in [5.74, 6) is -0.254. The lowest BCUT2D eigenvalue weighted by molar-refractivity contribution is 0.0303. The lowest BCUT2D eigenvalue weighted by Gasteiger charge is -2.26. The summed E-state index contributed by atoms with van der Waals surface area (Å²) in [6.45, 7) is 4.27. The summed E-state index contributed by atoms with van der Waals surface area (Å²) < 4.78 is 7.10. The number of hydrogen-bond acceptors (Lipinski definition) is 4. The minimum atomic E-state index is -0.234. The maximum Gasteiger partial charge on any atom is 0.259 e. The molecular formula is C20H20N4O3. The first-order chi connectivity index (χ1) is 13.1. The average Bonchev–Trinajstić information content (AvgIpc) is 3.16. The average molecular weight is 364 g/mol. The smallest absolute Gasteiger partial charge is 0.259 e. The van der Waals surface area contributed by atoms with Gasteiger partial charge in [0, 0.05) is 42.9 Å².